The zero-order valence-electron chi connectivity index (χ0n) is 11.0. The SMILES string of the molecule is CC1(C)CCCCC1NC(=O)c1csc(CN)n1. The number of nitrogens with two attached hydrogens (primary N) is 1. The fraction of sp³-hybridized carbons (Fsp3) is 0.692. The second-order valence-electron chi connectivity index (χ2n) is 5.59. The molecule has 5 heteroatoms. The number of amides is 1. The number of hydrogen-bond donors (Lipinski definition) is 2. The van der Waals surface area contributed by atoms with E-state index in [0.29, 0.717) is 12.2 Å². The van der Waals surface area contributed by atoms with Crippen LogP contribution in [0.15, 0.2) is 5.38 Å². The average molecular weight is 267 g/mol. The Hall–Kier alpha value is -0.940. The third-order valence-corrected chi connectivity index (χ3v) is 4.64. The number of carbonyl (C=O) groups is 1. The molecule has 2 rings (SSSR count). The maximum Gasteiger partial charge on any atom is 0.270 e. The molecule has 1 unspecified atom stereocenters. The maximum atomic E-state index is 12.1. The van der Waals surface area contributed by atoms with Gasteiger partial charge in [0.1, 0.15) is 10.7 Å². The summed E-state index contributed by atoms with van der Waals surface area (Å²) in [6, 6.07) is 0.252. The van der Waals surface area contributed by atoms with E-state index < -0.39 is 0 Å². The summed E-state index contributed by atoms with van der Waals surface area (Å²) in [6.45, 7) is 4.85. The number of hydrogen-bond acceptors (Lipinski definition) is 4. The number of rotatable bonds is 3. The van der Waals surface area contributed by atoms with E-state index in [9.17, 15) is 4.79 Å². The van der Waals surface area contributed by atoms with Crippen LogP contribution < -0.4 is 11.1 Å². The van der Waals surface area contributed by atoms with E-state index in [1.54, 1.807) is 5.38 Å². The van der Waals surface area contributed by atoms with Gasteiger partial charge in [0, 0.05) is 18.0 Å². The van der Waals surface area contributed by atoms with Gasteiger partial charge in [-0.2, -0.15) is 0 Å². The predicted molar refractivity (Wildman–Crippen MR) is 73.5 cm³/mol. The lowest BCUT2D eigenvalue weighted by atomic mass is 9.73. The van der Waals surface area contributed by atoms with E-state index in [1.807, 2.05) is 0 Å². The number of nitrogens with zero attached hydrogens (tertiary/aromatic N) is 1. The van der Waals surface area contributed by atoms with E-state index in [1.165, 1.54) is 30.6 Å². The lowest BCUT2D eigenvalue weighted by Gasteiger charge is -2.38. The van der Waals surface area contributed by atoms with Gasteiger partial charge >= 0.3 is 0 Å². The third-order valence-electron chi connectivity index (χ3n) is 3.77. The van der Waals surface area contributed by atoms with Crippen LogP contribution in [0.1, 0.15) is 55.0 Å². The zero-order chi connectivity index (χ0) is 13.2. The summed E-state index contributed by atoms with van der Waals surface area (Å²) in [5.74, 6) is -0.0640. The number of nitrogens with one attached hydrogen (secondary N) is 1. The molecule has 1 atom stereocenters. The van der Waals surface area contributed by atoms with Crippen LogP contribution in [0.5, 0.6) is 0 Å². The van der Waals surface area contributed by atoms with Crippen molar-refractivity contribution in [1.82, 2.24) is 10.3 Å². The van der Waals surface area contributed by atoms with E-state index in [0.717, 1.165) is 11.4 Å². The molecule has 0 aromatic carbocycles. The van der Waals surface area contributed by atoms with Crippen molar-refractivity contribution in [3.8, 4) is 0 Å². The molecular formula is C13H21N3OS. The van der Waals surface area contributed by atoms with E-state index in [2.05, 4.69) is 24.1 Å². The summed E-state index contributed by atoms with van der Waals surface area (Å²) in [7, 11) is 0. The van der Waals surface area contributed by atoms with Crippen molar-refractivity contribution < 1.29 is 4.79 Å². The quantitative estimate of drug-likeness (QED) is 0.883. The van der Waals surface area contributed by atoms with Crippen molar-refractivity contribution in [1.29, 1.82) is 0 Å². The smallest absolute Gasteiger partial charge is 0.270 e. The first-order chi connectivity index (χ1) is 8.53. The highest BCUT2D eigenvalue weighted by Crippen LogP contribution is 2.35. The highest BCUT2D eigenvalue weighted by Gasteiger charge is 2.33. The van der Waals surface area contributed by atoms with Gasteiger partial charge in [0.15, 0.2) is 0 Å². The van der Waals surface area contributed by atoms with Crippen LogP contribution in [-0.4, -0.2) is 16.9 Å². The lowest BCUT2D eigenvalue weighted by Crippen LogP contribution is -2.46. The number of aromatic nitrogens is 1. The Kier molecular flexibility index (Phi) is 4.02. The molecule has 0 aliphatic heterocycles. The zero-order valence-corrected chi connectivity index (χ0v) is 11.8. The minimum atomic E-state index is -0.0640. The molecule has 0 saturated heterocycles. The van der Waals surface area contributed by atoms with Crippen LogP contribution in [0, 0.1) is 5.41 Å². The summed E-state index contributed by atoms with van der Waals surface area (Å²) in [4.78, 5) is 16.3. The molecular weight excluding hydrogens is 246 g/mol. The van der Waals surface area contributed by atoms with Crippen LogP contribution in [0.25, 0.3) is 0 Å². The monoisotopic (exact) mass is 267 g/mol. The molecule has 100 valence electrons. The Balaban J connectivity index is 2.02. The molecule has 1 aliphatic carbocycles. The van der Waals surface area contributed by atoms with Gasteiger partial charge in [-0.1, -0.05) is 26.7 Å². The van der Waals surface area contributed by atoms with Crippen molar-refractivity contribution in [3.05, 3.63) is 16.1 Å². The molecule has 0 radical (unpaired) electrons. The van der Waals surface area contributed by atoms with Gasteiger partial charge in [-0.25, -0.2) is 4.98 Å². The number of thiazole rings is 1. The normalized spacial score (nSPS) is 22.7. The van der Waals surface area contributed by atoms with Gasteiger partial charge in [0.25, 0.3) is 5.91 Å². The van der Waals surface area contributed by atoms with Crippen molar-refractivity contribution in [2.45, 2.75) is 52.1 Å². The van der Waals surface area contributed by atoms with Crippen molar-refractivity contribution in [2.24, 2.45) is 11.1 Å². The first-order valence-corrected chi connectivity index (χ1v) is 7.36. The van der Waals surface area contributed by atoms with E-state index in [4.69, 9.17) is 5.73 Å². The lowest BCUT2D eigenvalue weighted by molar-refractivity contribution is 0.0849. The van der Waals surface area contributed by atoms with Gasteiger partial charge in [-0.05, 0) is 18.3 Å². The minimum absolute atomic E-state index is 0.0640. The van der Waals surface area contributed by atoms with Crippen LogP contribution in [0.2, 0.25) is 0 Å². The Labute approximate surface area is 112 Å². The van der Waals surface area contributed by atoms with Gasteiger partial charge < -0.3 is 11.1 Å². The molecule has 1 amide bonds. The second kappa shape index (κ2) is 5.36. The van der Waals surface area contributed by atoms with Gasteiger partial charge in [-0.15, -0.1) is 11.3 Å². The highest BCUT2D eigenvalue weighted by atomic mass is 32.1. The van der Waals surface area contributed by atoms with Crippen molar-refractivity contribution in [2.75, 3.05) is 0 Å². The largest absolute Gasteiger partial charge is 0.347 e. The predicted octanol–water partition coefficient (Wildman–Crippen LogP) is 2.30. The fourth-order valence-corrected chi connectivity index (χ4v) is 3.16. The van der Waals surface area contributed by atoms with E-state index in [-0.39, 0.29) is 17.4 Å². The Morgan fingerprint density at radius 3 is 3.00 bits per heavy atom. The maximum absolute atomic E-state index is 12.1. The van der Waals surface area contributed by atoms with E-state index >= 15 is 0 Å². The van der Waals surface area contributed by atoms with Crippen molar-refractivity contribution in [3.63, 3.8) is 0 Å². The second-order valence-corrected chi connectivity index (χ2v) is 6.53. The molecule has 1 heterocycles. The standard InChI is InChI=1S/C13H21N3OS/c1-13(2)6-4-3-5-10(13)16-12(17)9-8-18-11(7-14)15-9/h8,10H,3-7,14H2,1-2H3,(H,16,17). The summed E-state index contributed by atoms with van der Waals surface area (Å²) in [5, 5.41) is 5.72. The van der Waals surface area contributed by atoms with Crippen LogP contribution in [0.4, 0.5) is 0 Å². The van der Waals surface area contributed by atoms with Crippen LogP contribution in [-0.2, 0) is 6.54 Å². The topological polar surface area (TPSA) is 68.0 Å². The highest BCUT2D eigenvalue weighted by molar-refractivity contribution is 7.09. The molecule has 1 aromatic heterocycles. The molecule has 4 nitrogen and oxygen atoms in total. The molecule has 0 spiro atoms. The van der Waals surface area contributed by atoms with Gasteiger partial charge in [0.05, 0.1) is 0 Å². The Morgan fingerprint density at radius 2 is 2.39 bits per heavy atom. The first-order valence-electron chi connectivity index (χ1n) is 6.48. The summed E-state index contributed by atoms with van der Waals surface area (Å²) in [6.07, 6.45) is 4.68. The first kappa shape index (κ1) is 13.5. The summed E-state index contributed by atoms with van der Waals surface area (Å²) >= 11 is 1.44. The van der Waals surface area contributed by atoms with Crippen LogP contribution >= 0.6 is 11.3 Å². The van der Waals surface area contributed by atoms with Crippen molar-refractivity contribution >= 4 is 17.2 Å². The van der Waals surface area contributed by atoms with Gasteiger partial charge in [-0.3, -0.25) is 4.79 Å². The average Bonchev–Trinajstić information content (AvgIpc) is 2.80. The van der Waals surface area contributed by atoms with Crippen LogP contribution in [0.3, 0.4) is 0 Å². The Morgan fingerprint density at radius 1 is 1.61 bits per heavy atom. The third kappa shape index (κ3) is 2.90. The minimum Gasteiger partial charge on any atom is -0.347 e. The molecule has 1 saturated carbocycles. The fourth-order valence-electron chi connectivity index (χ4n) is 2.50. The molecule has 1 fully saturated rings. The van der Waals surface area contributed by atoms with Gasteiger partial charge in [0.2, 0.25) is 0 Å². The molecule has 1 aliphatic rings. The molecule has 3 N–H and O–H groups in total. The molecule has 1 aromatic rings. The Bertz CT molecular complexity index is 428. The summed E-state index contributed by atoms with van der Waals surface area (Å²) < 4.78 is 0. The number of carbonyl (C=O) groups excluding carboxylic acids is 1. The molecule has 18 heavy (non-hydrogen) atoms. The summed E-state index contributed by atoms with van der Waals surface area (Å²) in [5.41, 5.74) is 6.19. The molecule has 0 bridgehead atoms.